The lowest BCUT2D eigenvalue weighted by Crippen LogP contribution is -2.59. The molecule has 1 aromatic rings. The summed E-state index contributed by atoms with van der Waals surface area (Å²) in [6.07, 6.45) is 1.86. The zero-order valence-corrected chi connectivity index (χ0v) is 15.0. The lowest BCUT2D eigenvalue weighted by molar-refractivity contribution is -0.159. The molecule has 0 unspecified atom stereocenters. The lowest BCUT2D eigenvalue weighted by atomic mass is 9.47. The monoisotopic (exact) mass is 332 g/mol. The molecule has 1 aromatic carbocycles. The first kappa shape index (κ1) is 16.2. The zero-order valence-electron chi connectivity index (χ0n) is 15.0. The number of benzene rings is 1. The van der Waals surface area contributed by atoms with Crippen LogP contribution in [0.2, 0.25) is 0 Å². The van der Waals surface area contributed by atoms with Gasteiger partial charge in [0, 0.05) is 16.5 Å². The van der Waals surface area contributed by atoms with Gasteiger partial charge in [0.05, 0.1) is 18.8 Å². The van der Waals surface area contributed by atoms with E-state index in [0.717, 1.165) is 29.5 Å². The van der Waals surface area contributed by atoms with Crippen LogP contribution in [0, 0.1) is 11.3 Å². The third kappa shape index (κ3) is 1.93. The molecule has 4 atom stereocenters. The van der Waals surface area contributed by atoms with Crippen LogP contribution in [0.4, 0.5) is 0 Å². The molecule has 2 heterocycles. The van der Waals surface area contributed by atoms with E-state index in [2.05, 4.69) is 13.8 Å². The number of phenolic OH excluding ortho intramolecular Hbond substituents is 2. The molecule has 1 saturated heterocycles. The van der Waals surface area contributed by atoms with Gasteiger partial charge >= 0.3 is 0 Å². The highest BCUT2D eigenvalue weighted by Crippen LogP contribution is 2.65. The van der Waals surface area contributed by atoms with Crippen molar-refractivity contribution in [2.45, 2.75) is 70.5 Å². The van der Waals surface area contributed by atoms with E-state index in [1.807, 2.05) is 19.9 Å². The van der Waals surface area contributed by atoms with E-state index in [-0.39, 0.29) is 28.9 Å². The SMILES string of the molecule is CC(C)c1cc2c(c(O)c1O)[C@@]13CO[C@@H]2C[C@@H]1C(C)(C)C[C@@H](O)C3. The van der Waals surface area contributed by atoms with Crippen LogP contribution < -0.4 is 0 Å². The topological polar surface area (TPSA) is 69.9 Å². The number of hydrogen-bond donors (Lipinski definition) is 3. The van der Waals surface area contributed by atoms with Crippen LogP contribution in [0.15, 0.2) is 6.07 Å². The maximum atomic E-state index is 10.9. The molecule has 4 nitrogen and oxygen atoms in total. The summed E-state index contributed by atoms with van der Waals surface area (Å²) in [5.74, 6) is 0.486. The highest BCUT2D eigenvalue weighted by Gasteiger charge is 2.61. The van der Waals surface area contributed by atoms with Crippen molar-refractivity contribution >= 4 is 0 Å². The van der Waals surface area contributed by atoms with Gasteiger partial charge in [-0.2, -0.15) is 0 Å². The van der Waals surface area contributed by atoms with Crippen LogP contribution in [-0.2, 0) is 10.2 Å². The number of aromatic hydroxyl groups is 2. The Hall–Kier alpha value is -1.26. The fraction of sp³-hybridized carbons (Fsp3) is 0.700. The molecule has 1 saturated carbocycles. The van der Waals surface area contributed by atoms with E-state index < -0.39 is 11.5 Å². The Labute approximate surface area is 143 Å². The van der Waals surface area contributed by atoms with Gasteiger partial charge in [-0.1, -0.05) is 27.7 Å². The summed E-state index contributed by atoms with van der Waals surface area (Å²) >= 11 is 0. The number of fused-ring (bicyclic) bond motifs is 1. The van der Waals surface area contributed by atoms with Crippen LogP contribution in [0.3, 0.4) is 0 Å². The molecule has 2 aliphatic heterocycles. The molecule has 2 bridgehead atoms. The van der Waals surface area contributed by atoms with E-state index in [0.29, 0.717) is 18.9 Å². The minimum absolute atomic E-state index is 0.00212. The quantitative estimate of drug-likeness (QED) is 0.685. The van der Waals surface area contributed by atoms with Gasteiger partial charge in [-0.3, -0.25) is 0 Å². The van der Waals surface area contributed by atoms with Crippen molar-refractivity contribution in [2.75, 3.05) is 6.61 Å². The van der Waals surface area contributed by atoms with E-state index in [9.17, 15) is 15.3 Å². The van der Waals surface area contributed by atoms with Crippen molar-refractivity contribution in [1.29, 1.82) is 0 Å². The van der Waals surface area contributed by atoms with Crippen molar-refractivity contribution in [3.8, 4) is 11.5 Å². The van der Waals surface area contributed by atoms with Gasteiger partial charge in [0.2, 0.25) is 0 Å². The molecule has 1 spiro atoms. The van der Waals surface area contributed by atoms with Crippen molar-refractivity contribution in [3.05, 3.63) is 22.8 Å². The van der Waals surface area contributed by atoms with Crippen LogP contribution in [0.25, 0.3) is 0 Å². The van der Waals surface area contributed by atoms with Gasteiger partial charge in [0.25, 0.3) is 0 Å². The summed E-state index contributed by atoms with van der Waals surface area (Å²) < 4.78 is 6.13. The standard InChI is InChI=1S/C20H28O4/c1-10(2)12-5-13-14-6-15-19(3,4)7-11(21)8-20(15,9-24-14)16(13)18(23)17(12)22/h5,10-11,14-15,21-23H,6-9H2,1-4H3/t11-,14-,15-,20+/m1/s1. The maximum Gasteiger partial charge on any atom is 0.162 e. The Bertz CT molecular complexity index is 693. The molecule has 5 rings (SSSR count). The van der Waals surface area contributed by atoms with Crippen molar-refractivity contribution in [1.82, 2.24) is 0 Å². The number of ether oxygens (including phenoxy) is 1. The van der Waals surface area contributed by atoms with Gasteiger partial charge in [-0.15, -0.1) is 0 Å². The van der Waals surface area contributed by atoms with Gasteiger partial charge < -0.3 is 20.1 Å². The third-order valence-electron chi connectivity index (χ3n) is 6.76. The lowest BCUT2D eigenvalue weighted by Gasteiger charge is -2.61. The van der Waals surface area contributed by atoms with Crippen LogP contribution >= 0.6 is 0 Å². The average molecular weight is 332 g/mol. The van der Waals surface area contributed by atoms with Crippen molar-refractivity contribution in [3.63, 3.8) is 0 Å². The van der Waals surface area contributed by atoms with E-state index in [1.54, 1.807) is 0 Å². The molecular weight excluding hydrogens is 304 g/mol. The van der Waals surface area contributed by atoms with E-state index in [1.165, 1.54) is 0 Å². The summed E-state index contributed by atoms with van der Waals surface area (Å²) in [6.45, 7) is 8.96. The molecule has 3 N–H and O–H groups in total. The highest BCUT2D eigenvalue weighted by molar-refractivity contribution is 5.61. The predicted octanol–water partition coefficient (Wildman–Crippen LogP) is 3.73. The second-order valence-corrected chi connectivity index (χ2v) is 9.08. The smallest absolute Gasteiger partial charge is 0.162 e. The molecule has 0 aromatic heterocycles. The van der Waals surface area contributed by atoms with Gasteiger partial charge in [0.1, 0.15) is 0 Å². The molecule has 4 heteroatoms. The fourth-order valence-corrected chi connectivity index (χ4v) is 5.85. The summed E-state index contributed by atoms with van der Waals surface area (Å²) in [5.41, 5.74) is 2.20. The van der Waals surface area contributed by atoms with Crippen molar-refractivity contribution in [2.24, 2.45) is 11.3 Å². The van der Waals surface area contributed by atoms with E-state index >= 15 is 0 Å². The normalized spacial score (nSPS) is 36.5. The molecule has 24 heavy (non-hydrogen) atoms. The Kier molecular flexibility index (Phi) is 3.30. The molecule has 2 fully saturated rings. The summed E-state index contributed by atoms with van der Waals surface area (Å²) in [4.78, 5) is 0. The Morgan fingerprint density at radius 1 is 1.17 bits per heavy atom. The molecule has 0 amide bonds. The molecular formula is C20H28O4. The number of aliphatic hydroxyl groups is 1. The number of rotatable bonds is 1. The Balaban J connectivity index is 1.97. The summed E-state index contributed by atoms with van der Waals surface area (Å²) in [7, 11) is 0. The number of aliphatic hydroxyl groups excluding tert-OH is 1. The minimum atomic E-state index is -0.409. The first-order chi connectivity index (χ1) is 11.2. The Morgan fingerprint density at radius 3 is 2.54 bits per heavy atom. The molecule has 2 aliphatic carbocycles. The zero-order chi connectivity index (χ0) is 17.4. The van der Waals surface area contributed by atoms with Crippen LogP contribution in [0.1, 0.15) is 75.7 Å². The van der Waals surface area contributed by atoms with Gasteiger partial charge in [-0.05, 0) is 48.1 Å². The summed E-state index contributed by atoms with van der Waals surface area (Å²) in [5, 5.41) is 32.0. The molecule has 0 radical (unpaired) electrons. The maximum absolute atomic E-state index is 10.9. The first-order valence-electron chi connectivity index (χ1n) is 9.06. The van der Waals surface area contributed by atoms with Gasteiger partial charge in [-0.25, -0.2) is 0 Å². The van der Waals surface area contributed by atoms with Crippen LogP contribution in [-0.4, -0.2) is 28.0 Å². The second-order valence-electron chi connectivity index (χ2n) is 9.08. The second kappa shape index (κ2) is 4.89. The van der Waals surface area contributed by atoms with Crippen molar-refractivity contribution < 1.29 is 20.1 Å². The highest BCUT2D eigenvalue weighted by atomic mass is 16.5. The third-order valence-corrected chi connectivity index (χ3v) is 6.76. The summed E-state index contributed by atoms with van der Waals surface area (Å²) in [6, 6.07) is 2.02. The van der Waals surface area contributed by atoms with Gasteiger partial charge in [0.15, 0.2) is 11.5 Å². The Morgan fingerprint density at radius 2 is 1.88 bits per heavy atom. The minimum Gasteiger partial charge on any atom is -0.504 e. The number of phenols is 2. The molecule has 4 aliphatic rings. The first-order valence-corrected chi connectivity index (χ1v) is 9.06. The van der Waals surface area contributed by atoms with Crippen LogP contribution in [0.5, 0.6) is 11.5 Å². The average Bonchev–Trinajstić information content (AvgIpc) is 2.48. The van der Waals surface area contributed by atoms with E-state index in [4.69, 9.17) is 4.74 Å². The molecule has 132 valence electrons. The number of hydrogen-bond acceptors (Lipinski definition) is 4. The largest absolute Gasteiger partial charge is 0.504 e. The predicted molar refractivity (Wildman–Crippen MR) is 91.4 cm³/mol. The fourth-order valence-electron chi connectivity index (χ4n) is 5.85.